The highest BCUT2D eigenvalue weighted by Crippen LogP contribution is 2.59. The third kappa shape index (κ3) is 5.41. The molecule has 0 radical (unpaired) electrons. The van der Waals surface area contributed by atoms with Crippen molar-refractivity contribution in [3.05, 3.63) is 59.7 Å². The van der Waals surface area contributed by atoms with Crippen LogP contribution in [0.25, 0.3) is 22.3 Å². The first-order valence-corrected chi connectivity index (χ1v) is 12.4. The first-order chi connectivity index (χ1) is 19.1. The lowest BCUT2D eigenvalue weighted by Gasteiger charge is -2.14. The molecule has 9 nitrogen and oxygen atoms in total. The second kappa shape index (κ2) is 10.7. The summed E-state index contributed by atoms with van der Waals surface area (Å²) in [5, 5.41) is 5.88. The number of hydrogen-bond acceptors (Lipinski definition) is 8. The van der Waals surface area contributed by atoms with Crippen molar-refractivity contribution in [3.63, 3.8) is 0 Å². The second-order valence-electron chi connectivity index (χ2n) is 9.43. The maximum absolute atomic E-state index is 15.0. The minimum absolute atomic E-state index is 0.0768. The van der Waals surface area contributed by atoms with Crippen LogP contribution < -0.4 is 20.5 Å². The zero-order valence-electron chi connectivity index (χ0n) is 21.3. The minimum Gasteiger partial charge on any atom is -0.493 e. The van der Waals surface area contributed by atoms with Crippen molar-refractivity contribution >= 4 is 22.8 Å². The summed E-state index contributed by atoms with van der Waals surface area (Å²) in [5.74, 6) is -0.867. The molecule has 5 rings (SSSR count). The molecule has 0 atom stereocenters. The highest BCUT2D eigenvalue weighted by Gasteiger charge is 2.66. The van der Waals surface area contributed by atoms with Gasteiger partial charge in [0.1, 0.15) is 11.2 Å². The fraction of sp³-hybridized carbons (Fsp3) is 0.333. The van der Waals surface area contributed by atoms with Gasteiger partial charge in [0.2, 0.25) is 5.91 Å². The van der Waals surface area contributed by atoms with E-state index in [2.05, 4.69) is 20.4 Å². The number of halogens is 4. The number of nitrogens with two attached hydrogens (primary N) is 1. The van der Waals surface area contributed by atoms with Crippen molar-refractivity contribution in [1.82, 2.24) is 15.1 Å². The normalized spacial score (nSPS) is 14.2. The average molecular weight is 560 g/mol. The fourth-order valence-corrected chi connectivity index (χ4v) is 4.26. The van der Waals surface area contributed by atoms with E-state index in [0.717, 1.165) is 6.07 Å². The summed E-state index contributed by atoms with van der Waals surface area (Å²) in [4.78, 5) is 21.4. The molecule has 40 heavy (non-hydrogen) atoms. The zero-order chi connectivity index (χ0) is 28.5. The van der Waals surface area contributed by atoms with Crippen LogP contribution in [0.2, 0.25) is 0 Å². The minimum atomic E-state index is -4.47. The molecule has 2 heterocycles. The maximum Gasteiger partial charge on any atom is 0.401 e. The largest absolute Gasteiger partial charge is 0.493 e. The molecule has 0 spiro atoms. The monoisotopic (exact) mass is 559 g/mol. The molecular weight excluding hydrogens is 534 g/mol. The molecule has 13 heteroatoms. The number of nitrogens with one attached hydrogen (secondary N) is 1. The van der Waals surface area contributed by atoms with E-state index in [9.17, 15) is 22.4 Å². The number of carbonyl (C=O) groups excluding carboxylic acids is 1. The van der Waals surface area contributed by atoms with Crippen LogP contribution in [0.4, 0.5) is 23.4 Å². The summed E-state index contributed by atoms with van der Waals surface area (Å²) in [7, 11) is 1.52. The maximum atomic E-state index is 15.0. The summed E-state index contributed by atoms with van der Waals surface area (Å²) in [6.07, 6.45) is -2.89. The standard InChI is InChI=1S/C27H25F4N5O4/c1-38-21-11-18-19(12-22(21)39-8-2-7-32)34-20(14-33-18)16-4-3-15(17(28)9-16)10-25(37)35-24-13-23(40-36-24)26(5-6-26)27(29,30)31/h3-4,9,11-14H,2,5-8,10,32H2,1H3,(H,35,36,37). The van der Waals surface area contributed by atoms with Gasteiger partial charge in [-0.2, -0.15) is 13.2 Å². The lowest BCUT2D eigenvalue weighted by Crippen LogP contribution is -2.28. The summed E-state index contributed by atoms with van der Waals surface area (Å²) in [6.45, 7) is 0.880. The van der Waals surface area contributed by atoms with Gasteiger partial charge in [-0.1, -0.05) is 17.3 Å². The number of alkyl halides is 3. The van der Waals surface area contributed by atoms with E-state index >= 15 is 0 Å². The quantitative estimate of drug-likeness (QED) is 0.207. The van der Waals surface area contributed by atoms with Crippen molar-refractivity contribution < 1.29 is 36.4 Å². The van der Waals surface area contributed by atoms with Gasteiger partial charge in [0, 0.05) is 23.8 Å². The molecule has 0 bridgehead atoms. The number of anilines is 1. The fourth-order valence-electron chi connectivity index (χ4n) is 4.26. The molecule has 2 aromatic heterocycles. The van der Waals surface area contributed by atoms with Crippen molar-refractivity contribution in [1.29, 1.82) is 0 Å². The van der Waals surface area contributed by atoms with Crippen LogP contribution in [0.1, 0.15) is 30.6 Å². The number of benzene rings is 2. The van der Waals surface area contributed by atoms with E-state index in [0.29, 0.717) is 53.4 Å². The topological polar surface area (TPSA) is 125 Å². The third-order valence-corrected chi connectivity index (χ3v) is 6.68. The molecule has 1 amide bonds. The van der Waals surface area contributed by atoms with Crippen LogP contribution in [-0.2, 0) is 16.6 Å². The number of fused-ring (bicyclic) bond motifs is 1. The lowest BCUT2D eigenvalue weighted by molar-refractivity contribution is -0.165. The number of carbonyl (C=O) groups is 1. The molecule has 4 aromatic rings. The van der Waals surface area contributed by atoms with Gasteiger partial charge >= 0.3 is 6.18 Å². The van der Waals surface area contributed by atoms with Gasteiger partial charge in [-0.05, 0) is 37.4 Å². The number of aromatic nitrogens is 3. The Morgan fingerprint density at radius 2 is 1.93 bits per heavy atom. The smallest absolute Gasteiger partial charge is 0.401 e. The van der Waals surface area contributed by atoms with Gasteiger partial charge in [0.15, 0.2) is 23.1 Å². The Hall–Kier alpha value is -4.26. The number of hydrogen-bond donors (Lipinski definition) is 2. The predicted molar refractivity (Wildman–Crippen MR) is 136 cm³/mol. The van der Waals surface area contributed by atoms with Gasteiger partial charge in [0.05, 0.1) is 43.1 Å². The summed E-state index contributed by atoms with van der Waals surface area (Å²) < 4.78 is 70.8. The van der Waals surface area contributed by atoms with Crippen molar-refractivity contribution in [3.8, 4) is 22.8 Å². The average Bonchev–Trinajstić information content (AvgIpc) is 3.63. The van der Waals surface area contributed by atoms with Crippen LogP contribution >= 0.6 is 0 Å². The first kappa shape index (κ1) is 27.3. The molecule has 210 valence electrons. The molecule has 3 N–H and O–H groups in total. The molecule has 0 unspecified atom stereocenters. The van der Waals surface area contributed by atoms with Crippen molar-refractivity contribution in [2.75, 3.05) is 25.6 Å². The number of amides is 1. The molecule has 1 saturated carbocycles. The second-order valence-corrected chi connectivity index (χ2v) is 9.43. The zero-order valence-corrected chi connectivity index (χ0v) is 21.3. The summed E-state index contributed by atoms with van der Waals surface area (Å²) in [5.41, 5.74) is 5.44. The van der Waals surface area contributed by atoms with Crippen LogP contribution in [0, 0.1) is 5.82 Å². The molecule has 0 aliphatic heterocycles. The Morgan fingerprint density at radius 3 is 2.60 bits per heavy atom. The van der Waals surface area contributed by atoms with Crippen LogP contribution in [0.3, 0.4) is 0 Å². The number of rotatable bonds is 10. The molecule has 0 saturated heterocycles. The van der Waals surface area contributed by atoms with E-state index in [-0.39, 0.29) is 36.4 Å². The first-order valence-electron chi connectivity index (χ1n) is 12.4. The SMILES string of the molecule is COc1cc2ncc(-c3ccc(CC(=O)Nc4cc(C5(C(F)(F)F)CC5)on4)c(F)c3)nc2cc1OCCCN. The van der Waals surface area contributed by atoms with Crippen LogP contribution in [-0.4, -0.2) is 47.5 Å². The highest BCUT2D eigenvalue weighted by atomic mass is 19.4. The summed E-state index contributed by atoms with van der Waals surface area (Å²) >= 11 is 0. The van der Waals surface area contributed by atoms with Crippen molar-refractivity contribution in [2.24, 2.45) is 5.73 Å². The van der Waals surface area contributed by atoms with E-state index < -0.39 is 23.3 Å². The Balaban J connectivity index is 1.29. The van der Waals surface area contributed by atoms with Crippen LogP contribution in [0.15, 0.2) is 47.1 Å². The summed E-state index contributed by atoms with van der Waals surface area (Å²) in [6, 6.07) is 8.69. The molecule has 1 fully saturated rings. The molecule has 1 aliphatic rings. The van der Waals surface area contributed by atoms with Gasteiger partial charge in [-0.3, -0.25) is 9.78 Å². The van der Waals surface area contributed by atoms with Gasteiger partial charge in [-0.15, -0.1) is 0 Å². The van der Waals surface area contributed by atoms with E-state index in [4.69, 9.17) is 19.7 Å². The van der Waals surface area contributed by atoms with Gasteiger partial charge < -0.3 is 25.0 Å². The Kier molecular flexibility index (Phi) is 7.32. The van der Waals surface area contributed by atoms with E-state index in [1.54, 1.807) is 18.2 Å². The highest BCUT2D eigenvalue weighted by molar-refractivity contribution is 5.91. The Morgan fingerprint density at radius 1 is 1.15 bits per heavy atom. The Labute approximate surface area is 225 Å². The lowest BCUT2D eigenvalue weighted by atomic mass is 10.0. The third-order valence-electron chi connectivity index (χ3n) is 6.68. The van der Waals surface area contributed by atoms with Crippen LogP contribution in [0.5, 0.6) is 11.5 Å². The Bertz CT molecular complexity index is 1550. The number of nitrogens with zero attached hydrogens (tertiary/aromatic N) is 3. The van der Waals surface area contributed by atoms with E-state index in [1.807, 2.05) is 0 Å². The molecule has 2 aromatic carbocycles. The number of methoxy groups -OCH3 is 1. The predicted octanol–water partition coefficient (Wildman–Crippen LogP) is 4.94. The van der Waals surface area contributed by atoms with Gasteiger partial charge in [0.25, 0.3) is 0 Å². The van der Waals surface area contributed by atoms with E-state index in [1.165, 1.54) is 25.4 Å². The molecule has 1 aliphatic carbocycles. The molecular formula is C27H25F4N5O4. The van der Waals surface area contributed by atoms with Crippen molar-refractivity contribution in [2.45, 2.75) is 37.3 Å². The van der Waals surface area contributed by atoms with Gasteiger partial charge in [-0.25, -0.2) is 9.37 Å². The number of ether oxygens (including phenoxy) is 2.